The number of nitrogens with zero attached hydrogens (tertiary/aromatic N) is 2. The van der Waals surface area contributed by atoms with Gasteiger partial charge < -0.3 is 19.6 Å². The van der Waals surface area contributed by atoms with Gasteiger partial charge in [-0.25, -0.2) is 4.79 Å². The van der Waals surface area contributed by atoms with Gasteiger partial charge in [0.2, 0.25) is 0 Å². The Morgan fingerprint density at radius 2 is 1.71 bits per heavy atom. The number of hydrogen-bond donors (Lipinski definition) is 1. The molecule has 0 atom stereocenters. The second kappa shape index (κ2) is 10.0. The first-order chi connectivity index (χ1) is 9.99. The van der Waals surface area contributed by atoms with Gasteiger partial charge in [0.05, 0.1) is 0 Å². The van der Waals surface area contributed by atoms with Gasteiger partial charge >= 0.3 is 6.09 Å². The van der Waals surface area contributed by atoms with Crippen molar-refractivity contribution < 1.29 is 14.6 Å². The van der Waals surface area contributed by atoms with Crippen molar-refractivity contribution in [2.75, 3.05) is 47.4 Å². The summed E-state index contributed by atoms with van der Waals surface area (Å²) in [5.74, 6) is 1.20. The van der Waals surface area contributed by atoms with Crippen molar-refractivity contribution in [3.05, 3.63) is 0 Å². The summed E-state index contributed by atoms with van der Waals surface area (Å²) in [6, 6.07) is 0. The van der Waals surface area contributed by atoms with Crippen LogP contribution in [0.2, 0.25) is 0 Å². The van der Waals surface area contributed by atoms with Crippen LogP contribution in [-0.4, -0.2) is 68.4 Å². The van der Waals surface area contributed by atoms with Gasteiger partial charge in [-0.15, -0.1) is 0 Å². The average Bonchev–Trinajstić information content (AvgIpc) is 2.44. The zero-order valence-corrected chi connectivity index (χ0v) is 13.9. The van der Waals surface area contributed by atoms with E-state index in [1.54, 1.807) is 7.05 Å². The highest BCUT2D eigenvalue weighted by Crippen LogP contribution is 2.29. The Labute approximate surface area is 129 Å². The molecule has 0 radical (unpaired) electrons. The Hall–Kier alpha value is -0.810. The van der Waals surface area contributed by atoms with E-state index in [1.165, 1.54) is 24.2 Å². The second-order valence-corrected chi connectivity index (χ2v) is 6.64. The molecule has 1 amide bonds. The Morgan fingerprint density at radius 3 is 2.29 bits per heavy atom. The van der Waals surface area contributed by atoms with Gasteiger partial charge in [0, 0.05) is 26.8 Å². The van der Waals surface area contributed by atoms with Crippen molar-refractivity contribution in [1.82, 2.24) is 9.80 Å². The lowest BCUT2D eigenvalue weighted by molar-refractivity contribution is 0.0706. The smallest absolute Gasteiger partial charge is 0.407 e. The fraction of sp³-hybridized carbons (Fsp3) is 0.938. The third-order valence-corrected chi connectivity index (χ3v) is 4.32. The Balaban J connectivity index is 2.02. The lowest BCUT2D eigenvalue weighted by atomic mass is 9.82. The van der Waals surface area contributed by atoms with Crippen molar-refractivity contribution >= 4 is 6.09 Å². The van der Waals surface area contributed by atoms with Crippen molar-refractivity contribution in [3.8, 4) is 0 Å². The van der Waals surface area contributed by atoms with Gasteiger partial charge in [-0.1, -0.05) is 0 Å². The van der Waals surface area contributed by atoms with Gasteiger partial charge in [-0.3, -0.25) is 0 Å². The van der Waals surface area contributed by atoms with Crippen LogP contribution in [0.5, 0.6) is 0 Å². The van der Waals surface area contributed by atoms with Gasteiger partial charge in [0.25, 0.3) is 0 Å². The number of carboxylic acid groups (broad SMARTS) is 1. The summed E-state index contributed by atoms with van der Waals surface area (Å²) < 4.78 is 5.79. The fourth-order valence-corrected chi connectivity index (χ4v) is 2.93. The molecule has 124 valence electrons. The maximum atomic E-state index is 10.8. The van der Waals surface area contributed by atoms with Crippen molar-refractivity contribution in [1.29, 1.82) is 0 Å². The molecule has 0 saturated heterocycles. The van der Waals surface area contributed by atoms with Crippen LogP contribution < -0.4 is 0 Å². The van der Waals surface area contributed by atoms with Crippen LogP contribution in [0.3, 0.4) is 0 Å². The highest BCUT2D eigenvalue weighted by atomic mass is 16.5. The molecule has 21 heavy (non-hydrogen) atoms. The van der Waals surface area contributed by atoms with Crippen molar-refractivity contribution in [2.24, 2.45) is 11.8 Å². The Kier molecular flexibility index (Phi) is 8.69. The van der Waals surface area contributed by atoms with E-state index in [9.17, 15) is 4.79 Å². The summed E-state index contributed by atoms with van der Waals surface area (Å²) in [6.45, 7) is 3.55. The highest BCUT2D eigenvalue weighted by Gasteiger charge is 2.23. The minimum atomic E-state index is -0.821. The quantitative estimate of drug-likeness (QED) is 0.665. The van der Waals surface area contributed by atoms with E-state index in [0.717, 1.165) is 39.0 Å². The number of carbonyl (C=O) groups is 1. The predicted molar refractivity (Wildman–Crippen MR) is 84.7 cm³/mol. The largest absolute Gasteiger partial charge is 0.465 e. The first kappa shape index (κ1) is 18.2. The molecule has 1 N–H and O–H groups in total. The van der Waals surface area contributed by atoms with Gasteiger partial charge in [0.15, 0.2) is 0 Å². The van der Waals surface area contributed by atoms with Crippen LogP contribution in [0.4, 0.5) is 4.79 Å². The fourth-order valence-electron chi connectivity index (χ4n) is 2.93. The number of rotatable bonds is 9. The maximum absolute atomic E-state index is 10.8. The van der Waals surface area contributed by atoms with E-state index < -0.39 is 6.09 Å². The first-order valence-electron chi connectivity index (χ1n) is 8.15. The van der Waals surface area contributed by atoms with Gasteiger partial charge in [-0.05, 0) is 71.0 Å². The number of unbranched alkanes of at least 4 members (excludes halogenated alkanes) is 1. The molecule has 1 fully saturated rings. The summed E-state index contributed by atoms with van der Waals surface area (Å²) in [5, 5.41) is 8.89. The zero-order valence-electron chi connectivity index (χ0n) is 13.9. The lowest BCUT2D eigenvalue weighted by Gasteiger charge is -2.30. The summed E-state index contributed by atoms with van der Waals surface area (Å²) >= 11 is 0. The van der Waals surface area contributed by atoms with E-state index in [1.807, 2.05) is 0 Å². The van der Waals surface area contributed by atoms with Crippen molar-refractivity contribution in [3.63, 3.8) is 0 Å². The second-order valence-electron chi connectivity index (χ2n) is 6.64. The molecule has 0 heterocycles. The SMILES string of the molecule is CN(C)CCCCOCC1CCC(CN(C)C(=O)O)CC1. The minimum Gasteiger partial charge on any atom is -0.465 e. The van der Waals surface area contributed by atoms with E-state index in [2.05, 4.69) is 19.0 Å². The van der Waals surface area contributed by atoms with E-state index in [0.29, 0.717) is 18.4 Å². The normalized spacial score (nSPS) is 22.5. The van der Waals surface area contributed by atoms with Crippen molar-refractivity contribution in [2.45, 2.75) is 38.5 Å². The van der Waals surface area contributed by atoms with Crippen LogP contribution in [-0.2, 0) is 4.74 Å². The first-order valence-corrected chi connectivity index (χ1v) is 8.15. The lowest BCUT2D eigenvalue weighted by Crippen LogP contribution is -2.32. The molecule has 1 aliphatic carbocycles. The molecule has 1 rings (SSSR count). The molecule has 5 nitrogen and oxygen atoms in total. The maximum Gasteiger partial charge on any atom is 0.407 e. The molecule has 1 saturated carbocycles. The average molecular weight is 300 g/mol. The monoisotopic (exact) mass is 300 g/mol. The van der Waals surface area contributed by atoms with Crippen LogP contribution in [0.1, 0.15) is 38.5 Å². The number of hydrogen-bond acceptors (Lipinski definition) is 3. The topological polar surface area (TPSA) is 53.0 Å². The number of ether oxygens (including phenoxy) is 1. The molecule has 0 unspecified atom stereocenters. The van der Waals surface area contributed by atoms with E-state index in [-0.39, 0.29) is 0 Å². The molecule has 1 aliphatic rings. The summed E-state index contributed by atoms with van der Waals surface area (Å²) in [6.07, 6.45) is 6.13. The molecule has 0 spiro atoms. The predicted octanol–water partition coefficient (Wildman–Crippen LogP) is 2.76. The summed E-state index contributed by atoms with van der Waals surface area (Å²) in [7, 11) is 5.85. The minimum absolute atomic E-state index is 0.530. The molecule has 0 aliphatic heterocycles. The van der Waals surface area contributed by atoms with Gasteiger partial charge in [-0.2, -0.15) is 0 Å². The van der Waals surface area contributed by atoms with Crippen LogP contribution >= 0.6 is 0 Å². The summed E-state index contributed by atoms with van der Waals surface area (Å²) in [4.78, 5) is 14.4. The molecule has 5 heteroatoms. The highest BCUT2D eigenvalue weighted by molar-refractivity contribution is 5.64. The molecular weight excluding hydrogens is 268 g/mol. The van der Waals surface area contributed by atoms with Crippen LogP contribution in [0.25, 0.3) is 0 Å². The Morgan fingerprint density at radius 1 is 1.10 bits per heavy atom. The summed E-state index contributed by atoms with van der Waals surface area (Å²) in [5.41, 5.74) is 0. The van der Waals surface area contributed by atoms with Crippen LogP contribution in [0.15, 0.2) is 0 Å². The molecule has 0 bridgehead atoms. The van der Waals surface area contributed by atoms with E-state index >= 15 is 0 Å². The standard InChI is InChI=1S/C16H32N2O3/c1-17(2)10-4-5-11-21-13-15-8-6-14(7-9-15)12-18(3)16(19)20/h14-15H,4-13H2,1-3H3,(H,19,20). The number of amides is 1. The third kappa shape index (κ3) is 8.27. The van der Waals surface area contributed by atoms with Gasteiger partial charge in [0.1, 0.15) is 0 Å². The third-order valence-electron chi connectivity index (χ3n) is 4.32. The van der Waals surface area contributed by atoms with E-state index in [4.69, 9.17) is 9.84 Å². The molecule has 0 aromatic heterocycles. The molecule has 0 aromatic rings. The zero-order chi connectivity index (χ0) is 15.7. The Bertz CT molecular complexity index is 289. The van der Waals surface area contributed by atoms with Crippen LogP contribution in [0, 0.1) is 11.8 Å². The molecule has 0 aromatic carbocycles. The molecular formula is C16H32N2O3.